The average Bonchev–Trinajstić information content (AvgIpc) is 1.53. The van der Waals surface area contributed by atoms with Gasteiger partial charge in [0.15, 0.2) is 0 Å². The molecule has 0 spiro atoms. The van der Waals surface area contributed by atoms with Crippen LogP contribution in [0.5, 0.6) is 0 Å². The van der Waals surface area contributed by atoms with Crippen LogP contribution in [-0.4, -0.2) is 74.8 Å². The van der Waals surface area contributed by atoms with Gasteiger partial charge in [-0.1, -0.05) is 391 Å². The van der Waals surface area contributed by atoms with Crippen molar-refractivity contribution in [1.82, 2.24) is 34.5 Å². The van der Waals surface area contributed by atoms with Crippen LogP contribution in [-0.2, 0) is 66.9 Å². The van der Waals surface area contributed by atoms with Crippen molar-refractivity contribution in [2.75, 3.05) is 0 Å². The Labute approximate surface area is 865 Å². The van der Waals surface area contributed by atoms with Crippen molar-refractivity contribution < 1.29 is 60.3 Å². The minimum absolute atomic E-state index is 0. The first-order chi connectivity index (χ1) is 66.5. The van der Waals surface area contributed by atoms with Crippen molar-refractivity contribution in [1.29, 1.82) is 0 Å². The molecular formula is C124H105Ir3N7Si5-6. The summed E-state index contributed by atoms with van der Waals surface area (Å²) in [6.07, 6.45) is 11.7. The molecule has 2 aliphatic heterocycles. The van der Waals surface area contributed by atoms with Crippen molar-refractivity contribution in [3.05, 3.63) is 498 Å². The SMILES string of the molecule is CCn1c2ccccc2c2cc[c-]c(-c3ccc([Si](C)(C)c4ccccc4)cn3)c21.C[Si](C)(c1ccccc1)c1ccc(-c2[c-]ccc3c2[Si](C)(C)c2ccccc2-3)nc1.C[Si](C)(c1ccccc1)c1ccc(-c2[c-]ccc3c2[Si](c2ccccc2)(c2ccccc2)c2ccccc2-3)nc1.[Ir].[Ir].[Ir].[c-]1ccccc1-c1ccccn1.[c-]1ccccc1-c1ccccn1.[c-]1ccccc1-c1ccccn1. The summed E-state index contributed by atoms with van der Waals surface area (Å²) in [6, 6.07) is 169. The Kier molecular flexibility index (Phi) is 32.9. The summed E-state index contributed by atoms with van der Waals surface area (Å²) in [5.41, 5.74) is 20.4. The zero-order chi connectivity index (χ0) is 93.5. The molecule has 689 valence electrons. The maximum Gasteiger partial charge on any atom is 0.136 e. The number of fused-ring (bicyclic) bond motifs is 9. The first-order valence-electron chi connectivity index (χ1n) is 46.6. The van der Waals surface area contributed by atoms with Gasteiger partial charge in [0.25, 0.3) is 0 Å². The van der Waals surface area contributed by atoms with Gasteiger partial charge in [0, 0.05) is 110 Å². The average molecular weight is 2410 g/mol. The Bertz CT molecular complexity index is 7230. The maximum absolute atomic E-state index is 5.16. The summed E-state index contributed by atoms with van der Waals surface area (Å²) in [7, 11) is -9.74. The number of rotatable bonds is 15. The van der Waals surface area contributed by atoms with Gasteiger partial charge >= 0.3 is 0 Å². The van der Waals surface area contributed by atoms with Gasteiger partial charge in [-0.3, -0.25) is 0 Å². The molecule has 9 heterocycles. The van der Waals surface area contributed by atoms with E-state index in [1.165, 1.54) is 112 Å². The van der Waals surface area contributed by atoms with Gasteiger partial charge in [-0.25, -0.2) is 0 Å². The third-order valence-corrected chi connectivity index (χ3v) is 45.6. The Hall–Kier alpha value is -13.2. The molecule has 0 atom stereocenters. The number of para-hydroxylation sites is 1. The van der Waals surface area contributed by atoms with Crippen LogP contribution >= 0.6 is 0 Å². The number of aromatic nitrogens is 7. The fourth-order valence-corrected chi connectivity index (χ4v) is 34.7. The molecule has 2 aliphatic rings. The quantitative estimate of drug-likeness (QED) is 0.0751. The number of pyridine rings is 6. The summed E-state index contributed by atoms with van der Waals surface area (Å²) in [4.78, 5) is 27.7. The normalized spacial score (nSPS) is 12.0. The minimum atomic E-state index is -2.62. The maximum atomic E-state index is 5.16. The fourth-order valence-electron chi connectivity index (χ4n) is 19.2. The van der Waals surface area contributed by atoms with E-state index in [1.54, 1.807) is 18.6 Å². The first-order valence-corrected chi connectivity index (χ1v) is 60.6. The van der Waals surface area contributed by atoms with E-state index in [1.807, 2.05) is 133 Å². The van der Waals surface area contributed by atoms with Crippen LogP contribution in [0.3, 0.4) is 0 Å². The van der Waals surface area contributed by atoms with Crippen LogP contribution < -0.4 is 62.2 Å². The summed E-state index contributed by atoms with van der Waals surface area (Å²) in [5, 5.41) is 19.5. The summed E-state index contributed by atoms with van der Waals surface area (Å²) in [5.74, 6) is 0. The van der Waals surface area contributed by atoms with Crippen molar-refractivity contribution in [2.24, 2.45) is 0 Å². The van der Waals surface area contributed by atoms with Crippen LogP contribution in [0.1, 0.15) is 6.92 Å². The van der Waals surface area contributed by atoms with Crippen molar-refractivity contribution >= 4 is 124 Å². The molecule has 0 fully saturated rings. The van der Waals surface area contributed by atoms with Gasteiger partial charge in [0.1, 0.15) is 32.3 Å². The van der Waals surface area contributed by atoms with E-state index in [0.717, 1.165) is 68.5 Å². The van der Waals surface area contributed by atoms with Crippen LogP contribution in [0.15, 0.2) is 462 Å². The largest absolute Gasteiger partial charge is 0.381 e. The molecule has 15 heteroatoms. The van der Waals surface area contributed by atoms with Gasteiger partial charge in [-0.05, 0) is 108 Å². The molecule has 7 aromatic heterocycles. The van der Waals surface area contributed by atoms with Gasteiger partial charge in [0.2, 0.25) is 0 Å². The molecule has 139 heavy (non-hydrogen) atoms. The number of aryl methyl sites for hydroxylation is 1. The monoisotopic (exact) mass is 2410 g/mol. The topological polar surface area (TPSA) is 82.3 Å². The molecular weight excluding hydrogens is 2300 g/mol. The number of hydrogen-bond acceptors (Lipinski definition) is 6. The molecule has 0 aliphatic carbocycles. The standard InChI is InChI=1S/C37H30NSi2.C27H25N2Si.C27H26NSi2.3C11H8N.3Ir/c1-39(2,28-15-6-3-7-16-28)31-25-26-35(38-27-31)34-23-14-22-33-32-21-12-13-24-36(32)40(37(33)34,29-17-8-4-9-18-29)30-19-10-5-11-20-30;1-4-29-26-16-9-8-13-22(26)23-14-10-15-24(27(23)29)25-18-17-21(19-28-25)30(2,3)20-11-6-5-7-12-20;1-29(2,20-11-6-5-7-12-20)21-17-18-25(28-19-21)24-15-10-14-23-22-13-8-9-16-26(22)30(3,4)27(23)24;3*1-2-6-10(7-3-1)11-8-4-5-9-12-11;;;/h3-22,24-27H,1-2H3;5-14,16-19H,4H2,1-3H3;5-14,16-19H,1-4H3;3*1-6,8-9H;;;/q6*-1;;;. The van der Waals surface area contributed by atoms with E-state index in [9.17, 15) is 0 Å². The zero-order valence-corrected chi connectivity index (χ0v) is 91.4. The molecule has 21 aromatic rings. The van der Waals surface area contributed by atoms with E-state index in [2.05, 4.69) is 425 Å². The second-order valence-electron chi connectivity index (χ2n) is 36.1. The molecule has 14 aromatic carbocycles. The number of nitrogens with zero attached hydrogens (tertiary/aromatic N) is 7. The Morgan fingerprint density at radius 2 is 0.597 bits per heavy atom. The predicted molar refractivity (Wildman–Crippen MR) is 584 cm³/mol. The third-order valence-electron chi connectivity index (χ3n) is 26.6. The smallest absolute Gasteiger partial charge is 0.136 e. The molecule has 0 saturated heterocycles. The summed E-state index contributed by atoms with van der Waals surface area (Å²) < 4.78 is 2.38. The van der Waals surface area contributed by atoms with E-state index >= 15 is 0 Å². The van der Waals surface area contributed by atoms with Crippen molar-refractivity contribution in [3.8, 4) is 89.8 Å². The first kappa shape index (κ1) is 100. The molecule has 0 bridgehead atoms. The second-order valence-corrected chi connectivity index (χ2v) is 57.3. The van der Waals surface area contributed by atoms with Crippen molar-refractivity contribution in [3.63, 3.8) is 0 Å². The molecule has 23 rings (SSSR count). The Balaban J connectivity index is 0.000000133. The van der Waals surface area contributed by atoms with Gasteiger partial charge < -0.3 is 34.5 Å². The van der Waals surface area contributed by atoms with Crippen LogP contribution in [0.25, 0.3) is 112 Å². The second kappa shape index (κ2) is 45.6. The molecule has 0 unspecified atom stereocenters. The Morgan fingerprint density at radius 3 is 0.986 bits per heavy atom. The van der Waals surface area contributed by atoms with Gasteiger partial charge in [-0.2, -0.15) is 0 Å². The van der Waals surface area contributed by atoms with E-state index in [4.69, 9.17) is 15.0 Å². The van der Waals surface area contributed by atoms with E-state index < -0.39 is 40.4 Å². The zero-order valence-electron chi connectivity index (χ0n) is 79.2. The van der Waals surface area contributed by atoms with Gasteiger partial charge in [0.05, 0.1) is 8.07 Å². The summed E-state index contributed by atoms with van der Waals surface area (Å²) >= 11 is 0. The van der Waals surface area contributed by atoms with Crippen LogP contribution in [0.2, 0.25) is 52.4 Å². The molecule has 3 radical (unpaired) electrons. The molecule has 0 saturated carbocycles. The van der Waals surface area contributed by atoms with Crippen molar-refractivity contribution in [2.45, 2.75) is 65.8 Å². The Morgan fingerprint density at radius 1 is 0.259 bits per heavy atom. The summed E-state index contributed by atoms with van der Waals surface area (Å²) in [6.45, 7) is 22.4. The molecule has 0 N–H and O–H groups in total. The van der Waals surface area contributed by atoms with Gasteiger partial charge in [-0.15, -0.1) is 189 Å². The van der Waals surface area contributed by atoms with Crippen LogP contribution in [0, 0.1) is 36.4 Å². The third kappa shape index (κ3) is 21.2. The fraction of sp³-hybridized carbons (Fsp3) is 0.0806. The molecule has 0 amide bonds. The van der Waals surface area contributed by atoms with E-state index in [-0.39, 0.29) is 60.3 Å². The molecule has 7 nitrogen and oxygen atoms in total. The number of benzene rings is 14. The van der Waals surface area contributed by atoms with E-state index in [0.29, 0.717) is 0 Å². The number of hydrogen-bond donors (Lipinski definition) is 0. The van der Waals surface area contributed by atoms with Crippen LogP contribution in [0.4, 0.5) is 0 Å². The predicted octanol–water partition coefficient (Wildman–Crippen LogP) is 22.0. The minimum Gasteiger partial charge on any atom is -0.381 e.